The number of ether oxygens (including phenoxy) is 1. The van der Waals surface area contributed by atoms with E-state index in [1.54, 1.807) is 0 Å². The van der Waals surface area contributed by atoms with Gasteiger partial charge >= 0.3 is 12.4 Å². The SMILES string of the molecule is Cc1nc(Cl)cc(OC(C(F)(F)F)C(F)(F)F)n1. The maximum Gasteiger partial charge on any atom is 0.434 e. The second-order valence-electron chi connectivity index (χ2n) is 3.16. The summed E-state index contributed by atoms with van der Waals surface area (Å²) in [5.41, 5.74) is 0. The molecule has 10 heteroatoms. The van der Waals surface area contributed by atoms with Crippen LogP contribution in [0.4, 0.5) is 26.3 Å². The Morgan fingerprint density at radius 2 is 1.61 bits per heavy atom. The molecule has 0 unspecified atom stereocenters. The van der Waals surface area contributed by atoms with E-state index in [0.717, 1.165) is 0 Å². The van der Waals surface area contributed by atoms with Gasteiger partial charge in [0.1, 0.15) is 11.0 Å². The quantitative estimate of drug-likeness (QED) is 0.620. The van der Waals surface area contributed by atoms with Crippen LogP contribution in [0.25, 0.3) is 0 Å². The number of aromatic nitrogens is 2. The first-order chi connectivity index (χ1) is 8.00. The molecule has 0 fully saturated rings. The van der Waals surface area contributed by atoms with Gasteiger partial charge in [-0.15, -0.1) is 0 Å². The van der Waals surface area contributed by atoms with Crippen LogP contribution < -0.4 is 4.74 Å². The van der Waals surface area contributed by atoms with Gasteiger partial charge in [0.2, 0.25) is 5.88 Å². The molecule has 0 spiro atoms. The van der Waals surface area contributed by atoms with Gasteiger partial charge in [0.25, 0.3) is 6.10 Å². The Morgan fingerprint density at radius 3 is 2.00 bits per heavy atom. The van der Waals surface area contributed by atoms with E-state index >= 15 is 0 Å². The van der Waals surface area contributed by atoms with Gasteiger partial charge in [-0.1, -0.05) is 11.6 Å². The molecule has 1 rings (SSSR count). The number of hydrogen-bond donors (Lipinski definition) is 0. The summed E-state index contributed by atoms with van der Waals surface area (Å²) in [6.07, 6.45) is -15.2. The van der Waals surface area contributed by atoms with Gasteiger partial charge in [0.15, 0.2) is 0 Å². The molecular formula is C8H5ClF6N2O. The zero-order valence-corrected chi connectivity index (χ0v) is 9.36. The third-order valence-electron chi connectivity index (χ3n) is 1.62. The number of alkyl halides is 6. The van der Waals surface area contributed by atoms with Crippen molar-refractivity contribution in [1.82, 2.24) is 9.97 Å². The lowest BCUT2D eigenvalue weighted by Gasteiger charge is -2.23. The molecule has 0 aromatic carbocycles. The van der Waals surface area contributed by atoms with Gasteiger partial charge < -0.3 is 4.74 Å². The van der Waals surface area contributed by atoms with Crippen molar-refractivity contribution in [2.75, 3.05) is 0 Å². The predicted octanol–water partition coefficient (Wildman–Crippen LogP) is 3.31. The molecule has 0 radical (unpaired) electrons. The number of aryl methyl sites for hydroxylation is 1. The molecule has 0 saturated carbocycles. The Bertz CT molecular complexity index is 398. The topological polar surface area (TPSA) is 35.0 Å². The van der Waals surface area contributed by atoms with E-state index in [9.17, 15) is 26.3 Å². The number of rotatable bonds is 2. The number of halogens is 7. The highest BCUT2D eigenvalue weighted by molar-refractivity contribution is 6.29. The van der Waals surface area contributed by atoms with Crippen molar-refractivity contribution in [3.05, 3.63) is 17.0 Å². The summed E-state index contributed by atoms with van der Waals surface area (Å²) in [5, 5.41) is -0.319. The minimum absolute atomic E-state index is 0.111. The zero-order valence-electron chi connectivity index (χ0n) is 8.60. The molecule has 1 aromatic rings. The first-order valence-electron chi connectivity index (χ1n) is 4.31. The van der Waals surface area contributed by atoms with Crippen molar-refractivity contribution in [1.29, 1.82) is 0 Å². The highest BCUT2D eigenvalue weighted by atomic mass is 35.5. The molecule has 1 aromatic heterocycles. The Labute approximate surface area is 102 Å². The summed E-state index contributed by atoms with van der Waals surface area (Å²) in [7, 11) is 0. The van der Waals surface area contributed by atoms with Gasteiger partial charge in [-0.25, -0.2) is 4.98 Å². The first-order valence-corrected chi connectivity index (χ1v) is 4.69. The highest BCUT2D eigenvalue weighted by Gasteiger charge is 2.59. The molecule has 0 bridgehead atoms. The highest BCUT2D eigenvalue weighted by Crippen LogP contribution is 2.36. The molecule has 0 aliphatic rings. The van der Waals surface area contributed by atoms with Gasteiger partial charge in [0, 0.05) is 6.07 Å². The normalized spacial score (nSPS) is 12.9. The fourth-order valence-corrected chi connectivity index (χ4v) is 1.22. The molecule has 3 nitrogen and oxygen atoms in total. The fraction of sp³-hybridized carbons (Fsp3) is 0.500. The van der Waals surface area contributed by atoms with Crippen molar-refractivity contribution in [3.63, 3.8) is 0 Å². The van der Waals surface area contributed by atoms with Gasteiger partial charge in [-0.05, 0) is 6.92 Å². The fourth-order valence-electron chi connectivity index (χ4n) is 1.01. The standard InChI is InChI=1S/C8H5ClF6N2O/c1-3-16-4(9)2-5(17-3)18-6(7(10,11)12)8(13,14)15/h2,6H,1H3. The first kappa shape index (κ1) is 14.8. The van der Waals surface area contributed by atoms with Gasteiger partial charge in [0.05, 0.1) is 0 Å². The maximum absolute atomic E-state index is 12.2. The average molecular weight is 295 g/mol. The van der Waals surface area contributed by atoms with E-state index in [1.165, 1.54) is 6.92 Å². The number of nitrogens with zero attached hydrogens (tertiary/aromatic N) is 2. The van der Waals surface area contributed by atoms with Crippen molar-refractivity contribution in [2.45, 2.75) is 25.4 Å². The molecular weight excluding hydrogens is 290 g/mol. The number of hydrogen-bond acceptors (Lipinski definition) is 3. The van der Waals surface area contributed by atoms with Gasteiger partial charge in [-0.2, -0.15) is 31.3 Å². The summed E-state index contributed by atoms with van der Waals surface area (Å²) in [6, 6.07) is 0.666. The second-order valence-corrected chi connectivity index (χ2v) is 3.54. The third-order valence-corrected chi connectivity index (χ3v) is 1.81. The van der Waals surface area contributed by atoms with Crippen molar-refractivity contribution < 1.29 is 31.1 Å². The van der Waals surface area contributed by atoms with Crippen LogP contribution in [0.2, 0.25) is 5.15 Å². The summed E-state index contributed by atoms with van der Waals surface area (Å²) in [4.78, 5) is 6.76. The average Bonchev–Trinajstić information content (AvgIpc) is 2.08. The molecule has 0 saturated heterocycles. The monoisotopic (exact) mass is 294 g/mol. The lowest BCUT2D eigenvalue weighted by Crippen LogP contribution is -2.46. The minimum atomic E-state index is -5.61. The smallest absolute Gasteiger partial charge is 0.434 e. The van der Waals surface area contributed by atoms with Crippen LogP contribution in [0, 0.1) is 6.92 Å². The molecule has 18 heavy (non-hydrogen) atoms. The summed E-state index contributed by atoms with van der Waals surface area (Å²) in [6.45, 7) is 1.24. The van der Waals surface area contributed by atoms with Gasteiger partial charge in [-0.3, -0.25) is 0 Å². The Hall–Kier alpha value is -1.25. The summed E-state index contributed by atoms with van der Waals surface area (Å²) < 4.78 is 76.9. The second kappa shape index (κ2) is 4.79. The van der Waals surface area contributed by atoms with Crippen LogP contribution in [-0.4, -0.2) is 28.4 Å². The summed E-state index contributed by atoms with van der Waals surface area (Å²) >= 11 is 5.37. The molecule has 0 N–H and O–H groups in total. The molecule has 0 amide bonds. The molecule has 0 aliphatic carbocycles. The van der Waals surface area contributed by atoms with Crippen LogP contribution in [0.15, 0.2) is 6.07 Å². The zero-order chi connectivity index (χ0) is 14.1. The Morgan fingerprint density at radius 1 is 1.11 bits per heavy atom. The van der Waals surface area contributed by atoms with Crippen LogP contribution in [0.5, 0.6) is 5.88 Å². The Balaban J connectivity index is 3.04. The third kappa shape index (κ3) is 3.90. The molecule has 0 atom stereocenters. The van der Waals surface area contributed by atoms with Crippen LogP contribution >= 0.6 is 11.6 Å². The van der Waals surface area contributed by atoms with E-state index in [4.69, 9.17) is 11.6 Å². The van der Waals surface area contributed by atoms with Crippen LogP contribution in [0.3, 0.4) is 0 Å². The molecule has 102 valence electrons. The lowest BCUT2D eigenvalue weighted by atomic mass is 10.3. The predicted molar refractivity (Wildman–Crippen MR) is 48.3 cm³/mol. The maximum atomic E-state index is 12.2. The van der Waals surface area contributed by atoms with Crippen LogP contribution in [-0.2, 0) is 0 Å². The van der Waals surface area contributed by atoms with Crippen molar-refractivity contribution in [2.24, 2.45) is 0 Å². The minimum Gasteiger partial charge on any atom is -0.455 e. The van der Waals surface area contributed by atoms with E-state index in [1.807, 2.05) is 0 Å². The van der Waals surface area contributed by atoms with E-state index in [-0.39, 0.29) is 11.0 Å². The lowest BCUT2D eigenvalue weighted by molar-refractivity contribution is -0.300. The van der Waals surface area contributed by atoms with E-state index < -0.39 is 24.3 Å². The molecule has 0 aliphatic heterocycles. The van der Waals surface area contributed by atoms with E-state index in [2.05, 4.69) is 14.7 Å². The van der Waals surface area contributed by atoms with Crippen molar-refractivity contribution in [3.8, 4) is 5.88 Å². The molecule has 1 heterocycles. The largest absolute Gasteiger partial charge is 0.455 e. The summed E-state index contributed by atoms with van der Waals surface area (Å²) in [5.74, 6) is -1.01. The Kier molecular flexibility index (Phi) is 3.94. The van der Waals surface area contributed by atoms with E-state index in [0.29, 0.717) is 6.07 Å². The van der Waals surface area contributed by atoms with Crippen molar-refractivity contribution >= 4 is 11.6 Å². The van der Waals surface area contributed by atoms with Crippen LogP contribution in [0.1, 0.15) is 5.82 Å².